The molecule has 3 nitrogen and oxygen atoms in total. The maximum atomic E-state index is 2.79. The minimum Gasteiger partial charge on any atom is -0.301 e. The average Bonchev–Trinajstić information content (AvgIpc) is 2.53. The van der Waals surface area contributed by atoms with E-state index in [1.807, 2.05) is 0 Å². The van der Waals surface area contributed by atoms with E-state index in [1.54, 1.807) is 0 Å². The summed E-state index contributed by atoms with van der Waals surface area (Å²) in [6, 6.07) is 1.61. The van der Waals surface area contributed by atoms with Gasteiger partial charge in [0.2, 0.25) is 0 Å². The van der Waals surface area contributed by atoms with Gasteiger partial charge in [0.1, 0.15) is 0 Å². The first-order valence-electron chi connectivity index (χ1n) is 10.6. The van der Waals surface area contributed by atoms with E-state index < -0.39 is 0 Å². The summed E-state index contributed by atoms with van der Waals surface area (Å²) in [5.41, 5.74) is 0.617. The highest BCUT2D eigenvalue weighted by molar-refractivity contribution is 4.98. The van der Waals surface area contributed by atoms with Gasteiger partial charge >= 0.3 is 0 Å². The van der Waals surface area contributed by atoms with Crippen LogP contribution in [-0.4, -0.2) is 72.6 Å². The molecule has 3 fully saturated rings. The summed E-state index contributed by atoms with van der Waals surface area (Å²) in [5, 5.41) is 0. The molecule has 0 atom stereocenters. The molecule has 0 aromatic heterocycles. The summed E-state index contributed by atoms with van der Waals surface area (Å²) in [4.78, 5) is 8.20. The van der Waals surface area contributed by atoms with Crippen LogP contribution in [0.5, 0.6) is 0 Å². The van der Waals surface area contributed by atoms with Gasteiger partial charge in [0, 0.05) is 44.8 Å². The molecule has 1 aliphatic carbocycles. The molecule has 0 spiro atoms. The second kappa shape index (κ2) is 7.63. The predicted molar refractivity (Wildman–Crippen MR) is 103 cm³/mol. The van der Waals surface area contributed by atoms with Crippen molar-refractivity contribution in [2.24, 2.45) is 17.3 Å². The summed E-state index contributed by atoms with van der Waals surface area (Å²) < 4.78 is 0. The minimum atomic E-state index is 0.617. The molecule has 1 saturated carbocycles. The molecule has 0 amide bonds. The number of hydrogen-bond donors (Lipinski definition) is 0. The van der Waals surface area contributed by atoms with Gasteiger partial charge in [-0.05, 0) is 69.9 Å². The van der Waals surface area contributed by atoms with Gasteiger partial charge in [-0.1, -0.05) is 20.8 Å². The predicted octanol–water partition coefficient (Wildman–Crippen LogP) is 3.55. The number of likely N-dealkylation sites (tertiary alicyclic amines) is 1. The van der Waals surface area contributed by atoms with Gasteiger partial charge < -0.3 is 9.80 Å². The van der Waals surface area contributed by atoms with Gasteiger partial charge in [0.05, 0.1) is 0 Å². The second-order valence-corrected chi connectivity index (χ2v) is 9.78. The highest BCUT2D eigenvalue weighted by Gasteiger charge is 2.45. The fourth-order valence-electron chi connectivity index (χ4n) is 5.07. The maximum absolute atomic E-state index is 2.79. The van der Waals surface area contributed by atoms with Gasteiger partial charge in [0.25, 0.3) is 0 Å². The molecule has 0 N–H and O–H groups in total. The molecule has 0 bridgehead atoms. The lowest BCUT2D eigenvalue weighted by atomic mass is 9.60. The third-order valence-corrected chi connectivity index (χ3v) is 7.62. The minimum absolute atomic E-state index is 0.617. The molecule has 0 aromatic rings. The lowest BCUT2D eigenvalue weighted by Crippen LogP contribution is -2.58. The Morgan fingerprint density at radius 3 is 1.96 bits per heavy atom. The van der Waals surface area contributed by atoms with Gasteiger partial charge in [-0.2, -0.15) is 0 Å². The highest BCUT2D eigenvalue weighted by atomic mass is 15.3. The van der Waals surface area contributed by atoms with Crippen LogP contribution in [0.2, 0.25) is 0 Å². The van der Waals surface area contributed by atoms with Crippen LogP contribution < -0.4 is 0 Å². The first kappa shape index (κ1) is 18.7. The van der Waals surface area contributed by atoms with E-state index in [0.717, 1.165) is 23.9 Å². The molecule has 140 valence electrons. The molecule has 2 saturated heterocycles. The van der Waals surface area contributed by atoms with E-state index in [2.05, 4.69) is 49.3 Å². The number of rotatable bonds is 5. The zero-order valence-electron chi connectivity index (χ0n) is 16.9. The van der Waals surface area contributed by atoms with Crippen molar-refractivity contribution in [2.45, 2.75) is 72.4 Å². The van der Waals surface area contributed by atoms with Crippen molar-refractivity contribution in [1.82, 2.24) is 14.7 Å². The van der Waals surface area contributed by atoms with Crippen LogP contribution in [0.25, 0.3) is 0 Å². The van der Waals surface area contributed by atoms with Gasteiger partial charge in [-0.3, -0.25) is 4.90 Å². The Kier molecular flexibility index (Phi) is 5.94. The van der Waals surface area contributed by atoms with E-state index in [1.165, 1.54) is 71.5 Å². The van der Waals surface area contributed by atoms with Gasteiger partial charge in [0.15, 0.2) is 0 Å². The normalized spacial score (nSPS) is 34.9. The Balaban J connectivity index is 1.35. The van der Waals surface area contributed by atoms with Crippen LogP contribution in [0.4, 0.5) is 0 Å². The molecular weight excluding hydrogens is 294 g/mol. The average molecular weight is 336 g/mol. The fourth-order valence-corrected chi connectivity index (χ4v) is 5.07. The maximum Gasteiger partial charge on any atom is 0.0113 e. The summed E-state index contributed by atoms with van der Waals surface area (Å²) in [6.07, 6.45) is 5.68. The van der Waals surface area contributed by atoms with E-state index in [0.29, 0.717) is 5.41 Å². The van der Waals surface area contributed by atoms with E-state index >= 15 is 0 Å². The first-order valence-corrected chi connectivity index (χ1v) is 10.6. The van der Waals surface area contributed by atoms with Crippen LogP contribution in [0, 0.1) is 17.3 Å². The van der Waals surface area contributed by atoms with E-state index in [4.69, 9.17) is 0 Å². The lowest BCUT2D eigenvalue weighted by molar-refractivity contribution is -0.0388. The third-order valence-electron chi connectivity index (χ3n) is 7.62. The smallest absolute Gasteiger partial charge is 0.0113 e. The van der Waals surface area contributed by atoms with Crippen molar-refractivity contribution in [3.63, 3.8) is 0 Å². The van der Waals surface area contributed by atoms with Crippen LogP contribution in [0.1, 0.15) is 60.3 Å². The van der Waals surface area contributed by atoms with Crippen LogP contribution in [-0.2, 0) is 0 Å². The first-order chi connectivity index (χ1) is 11.4. The standard InChI is InChI=1S/C21H41N3/c1-17(2)21(5)14-20(15-21)24-12-10-22(11-13-24)16-19-6-8-23(9-7-19)18(3)4/h17-20H,6-16H2,1-5H3. The van der Waals surface area contributed by atoms with Crippen molar-refractivity contribution in [3.05, 3.63) is 0 Å². The van der Waals surface area contributed by atoms with E-state index in [-0.39, 0.29) is 0 Å². The molecule has 2 heterocycles. The fraction of sp³-hybridized carbons (Fsp3) is 1.00. The highest BCUT2D eigenvalue weighted by Crippen LogP contribution is 2.48. The zero-order chi connectivity index (χ0) is 17.3. The number of piperazine rings is 1. The topological polar surface area (TPSA) is 9.72 Å². The molecule has 3 aliphatic rings. The second-order valence-electron chi connectivity index (χ2n) is 9.78. The summed E-state index contributed by atoms with van der Waals surface area (Å²) >= 11 is 0. The molecular formula is C21H41N3. The van der Waals surface area contributed by atoms with Gasteiger partial charge in [-0.15, -0.1) is 0 Å². The van der Waals surface area contributed by atoms with Crippen molar-refractivity contribution < 1.29 is 0 Å². The van der Waals surface area contributed by atoms with Gasteiger partial charge in [-0.25, -0.2) is 0 Å². The summed E-state index contributed by atoms with van der Waals surface area (Å²) in [7, 11) is 0. The number of piperidine rings is 1. The van der Waals surface area contributed by atoms with Crippen molar-refractivity contribution in [3.8, 4) is 0 Å². The Morgan fingerprint density at radius 2 is 1.46 bits per heavy atom. The summed E-state index contributed by atoms with van der Waals surface area (Å²) in [6.45, 7) is 21.2. The summed E-state index contributed by atoms with van der Waals surface area (Å²) in [5.74, 6) is 1.78. The number of nitrogens with zero attached hydrogens (tertiary/aromatic N) is 3. The lowest BCUT2D eigenvalue weighted by Gasteiger charge is -2.54. The molecule has 0 radical (unpaired) electrons. The third kappa shape index (κ3) is 4.16. The Labute approximate surface area is 150 Å². The van der Waals surface area contributed by atoms with Crippen LogP contribution in [0.15, 0.2) is 0 Å². The van der Waals surface area contributed by atoms with Crippen LogP contribution >= 0.6 is 0 Å². The largest absolute Gasteiger partial charge is 0.301 e. The Bertz CT molecular complexity index is 384. The molecule has 2 aliphatic heterocycles. The van der Waals surface area contributed by atoms with E-state index in [9.17, 15) is 0 Å². The zero-order valence-corrected chi connectivity index (χ0v) is 16.9. The molecule has 24 heavy (non-hydrogen) atoms. The molecule has 3 rings (SSSR count). The Hall–Kier alpha value is -0.120. The molecule has 3 heteroatoms. The van der Waals surface area contributed by atoms with Crippen molar-refractivity contribution in [1.29, 1.82) is 0 Å². The Morgan fingerprint density at radius 1 is 0.875 bits per heavy atom. The van der Waals surface area contributed by atoms with Crippen molar-refractivity contribution >= 4 is 0 Å². The quantitative estimate of drug-likeness (QED) is 0.761. The van der Waals surface area contributed by atoms with Crippen molar-refractivity contribution in [2.75, 3.05) is 45.8 Å². The SMILES string of the molecule is CC(C)N1CCC(CN2CCN(C3CC(C)(C(C)C)C3)CC2)CC1. The molecule has 0 aromatic carbocycles. The monoisotopic (exact) mass is 335 g/mol. The van der Waals surface area contributed by atoms with Crippen LogP contribution in [0.3, 0.4) is 0 Å². The number of hydrogen-bond acceptors (Lipinski definition) is 3. The molecule has 0 unspecified atom stereocenters.